The van der Waals surface area contributed by atoms with Crippen LogP contribution in [0.15, 0.2) is 54.6 Å². The SMILES string of the molecule is CCS(=O)(=O)NC(O)c1nc(N(Cc2ccccc2)c2ccc(C#N)cc2)sc1C. The van der Waals surface area contributed by atoms with Crippen LogP contribution in [-0.4, -0.2) is 24.3 Å². The van der Waals surface area contributed by atoms with E-state index < -0.39 is 16.3 Å². The Balaban J connectivity index is 1.98. The first kappa shape index (κ1) is 21.9. The van der Waals surface area contributed by atoms with E-state index in [-0.39, 0.29) is 11.4 Å². The number of aliphatic hydroxyl groups is 1. The zero-order valence-electron chi connectivity index (χ0n) is 16.6. The summed E-state index contributed by atoms with van der Waals surface area (Å²) < 4.78 is 25.9. The second kappa shape index (κ2) is 9.36. The molecule has 0 fully saturated rings. The lowest BCUT2D eigenvalue weighted by atomic mass is 10.2. The zero-order chi connectivity index (χ0) is 21.7. The molecule has 1 atom stereocenters. The zero-order valence-corrected chi connectivity index (χ0v) is 18.2. The third-order valence-electron chi connectivity index (χ3n) is 4.47. The van der Waals surface area contributed by atoms with Gasteiger partial charge in [0.1, 0.15) is 5.69 Å². The molecule has 0 amide bonds. The van der Waals surface area contributed by atoms with Gasteiger partial charge in [-0.3, -0.25) is 0 Å². The summed E-state index contributed by atoms with van der Waals surface area (Å²) in [5.41, 5.74) is 2.72. The average Bonchev–Trinajstić information content (AvgIpc) is 3.14. The van der Waals surface area contributed by atoms with E-state index in [9.17, 15) is 13.5 Å². The summed E-state index contributed by atoms with van der Waals surface area (Å²) in [5, 5.41) is 20.1. The van der Waals surface area contributed by atoms with Gasteiger partial charge < -0.3 is 10.0 Å². The lowest BCUT2D eigenvalue weighted by molar-refractivity contribution is 0.162. The molecule has 7 nitrogen and oxygen atoms in total. The Morgan fingerprint density at radius 1 is 1.20 bits per heavy atom. The van der Waals surface area contributed by atoms with Gasteiger partial charge in [-0.15, -0.1) is 11.3 Å². The van der Waals surface area contributed by atoms with Gasteiger partial charge in [-0.25, -0.2) is 13.4 Å². The average molecular weight is 443 g/mol. The number of thiazole rings is 1. The van der Waals surface area contributed by atoms with Crippen LogP contribution in [-0.2, 0) is 16.6 Å². The van der Waals surface area contributed by atoms with Crippen LogP contribution in [0.4, 0.5) is 10.8 Å². The predicted octanol–water partition coefficient (Wildman–Crippen LogP) is 3.59. The first-order valence-corrected chi connectivity index (χ1v) is 11.8. The van der Waals surface area contributed by atoms with Crippen molar-refractivity contribution in [2.45, 2.75) is 26.6 Å². The number of nitrogens with zero attached hydrogens (tertiary/aromatic N) is 3. The number of hydrogen-bond donors (Lipinski definition) is 2. The van der Waals surface area contributed by atoms with Crippen LogP contribution in [0.2, 0.25) is 0 Å². The molecule has 156 valence electrons. The van der Waals surface area contributed by atoms with Crippen molar-refractivity contribution >= 4 is 32.2 Å². The highest BCUT2D eigenvalue weighted by Gasteiger charge is 2.23. The van der Waals surface area contributed by atoms with Gasteiger partial charge in [-0.1, -0.05) is 30.3 Å². The Morgan fingerprint density at radius 3 is 2.47 bits per heavy atom. The van der Waals surface area contributed by atoms with Crippen molar-refractivity contribution in [1.82, 2.24) is 9.71 Å². The Kier molecular flexibility index (Phi) is 6.84. The van der Waals surface area contributed by atoms with E-state index in [1.807, 2.05) is 47.4 Å². The molecule has 0 aliphatic carbocycles. The van der Waals surface area contributed by atoms with Gasteiger partial charge in [-0.2, -0.15) is 9.98 Å². The third kappa shape index (κ3) is 5.23. The summed E-state index contributed by atoms with van der Waals surface area (Å²) in [6, 6.07) is 19.1. The van der Waals surface area contributed by atoms with Gasteiger partial charge in [0.05, 0.1) is 23.9 Å². The maximum atomic E-state index is 11.8. The highest BCUT2D eigenvalue weighted by molar-refractivity contribution is 7.89. The summed E-state index contributed by atoms with van der Waals surface area (Å²) in [5.74, 6) is -0.133. The van der Waals surface area contributed by atoms with Crippen molar-refractivity contribution < 1.29 is 13.5 Å². The molecule has 0 radical (unpaired) electrons. The maximum Gasteiger partial charge on any atom is 0.213 e. The molecule has 3 aromatic rings. The first-order chi connectivity index (χ1) is 14.3. The maximum absolute atomic E-state index is 11.8. The van der Waals surface area contributed by atoms with Crippen LogP contribution in [0.5, 0.6) is 0 Å². The largest absolute Gasteiger partial charge is 0.372 e. The third-order valence-corrected chi connectivity index (χ3v) is 6.83. The number of sulfonamides is 1. The Morgan fingerprint density at radius 2 is 1.87 bits per heavy atom. The molecule has 1 unspecified atom stereocenters. The van der Waals surface area contributed by atoms with E-state index in [1.165, 1.54) is 18.3 Å². The van der Waals surface area contributed by atoms with E-state index in [0.29, 0.717) is 22.1 Å². The molecule has 0 aliphatic rings. The fraction of sp³-hybridized carbons (Fsp3) is 0.238. The lowest BCUT2D eigenvalue weighted by Gasteiger charge is -2.22. The molecule has 2 N–H and O–H groups in total. The van der Waals surface area contributed by atoms with Gasteiger partial charge in [0.2, 0.25) is 10.0 Å². The van der Waals surface area contributed by atoms with Crippen molar-refractivity contribution in [3.63, 3.8) is 0 Å². The Labute approximate surface area is 180 Å². The molecule has 3 rings (SSSR count). The highest BCUT2D eigenvalue weighted by Crippen LogP contribution is 2.34. The predicted molar refractivity (Wildman–Crippen MR) is 118 cm³/mol. The molecule has 0 bridgehead atoms. The van der Waals surface area contributed by atoms with Crippen molar-refractivity contribution in [3.05, 3.63) is 76.3 Å². The van der Waals surface area contributed by atoms with Crippen molar-refractivity contribution in [2.75, 3.05) is 10.7 Å². The molecule has 9 heteroatoms. The second-order valence-electron chi connectivity index (χ2n) is 6.59. The van der Waals surface area contributed by atoms with Gasteiger partial charge in [0.25, 0.3) is 0 Å². The number of rotatable bonds is 8. The molecular weight excluding hydrogens is 420 g/mol. The number of benzene rings is 2. The van der Waals surface area contributed by atoms with Crippen LogP contribution in [0.25, 0.3) is 0 Å². The van der Waals surface area contributed by atoms with E-state index in [4.69, 9.17) is 5.26 Å². The van der Waals surface area contributed by atoms with Gasteiger partial charge >= 0.3 is 0 Å². The summed E-state index contributed by atoms with van der Waals surface area (Å²) in [6.07, 6.45) is -1.42. The van der Waals surface area contributed by atoms with Gasteiger partial charge in [0, 0.05) is 10.6 Å². The minimum absolute atomic E-state index is 0.133. The fourth-order valence-corrected chi connectivity index (χ4v) is 4.40. The van der Waals surface area contributed by atoms with E-state index >= 15 is 0 Å². The molecule has 0 saturated heterocycles. The van der Waals surface area contributed by atoms with Crippen molar-refractivity contribution in [2.24, 2.45) is 0 Å². The highest BCUT2D eigenvalue weighted by atomic mass is 32.2. The van der Waals surface area contributed by atoms with Gasteiger partial charge in [0.15, 0.2) is 11.4 Å². The molecule has 1 aromatic heterocycles. The molecule has 0 aliphatic heterocycles. The molecule has 30 heavy (non-hydrogen) atoms. The lowest BCUT2D eigenvalue weighted by Crippen LogP contribution is -2.30. The van der Waals surface area contributed by atoms with E-state index in [2.05, 4.69) is 15.8 Å². The quantitative estimate of drug-likeness (QED) is 0.517. The van der Waals surface area contributed by atoms with Crippen LogP contribution >= 0.6 is 11.3 Å². The second-order valence-corrected chi connectivity index (χ2v) is 9.82. The number of aliphatic hydroxyl groups excluding tert-OH is 1. The van der Waals surface area contributed by atoms with Crippen molar-refractivity contribution in [3.8, 4) is 6.07 Å². The first-order valence-electron chi connectivity index (χ1n) is 9.30. The fourth-order valence-electron chi connectivity index (χ4n) is 2.82. The number of nitriles is 1. The Hall–Kier alpha value is -2.77. The molecular formula is C21H22N4O3S2. The molecule has 0 spiro atoms. The van der Waals surface area contributed by atoms with Crippen LogP contribution in [0.1, 0.15) is 34.8 Å². The molecule has 0 saturated carbocycles. The number of nitrogens with one attached hydrogen (secondary N) is 1. The standard InChI is InChI=1S/C21H22N4O3S2/c1-3-30(27,28)24-20(26)19-15(2)29-21(23-19)25(14-17-7-5-4-6-8-17)18-11-9-16(13-22)10-12-18/h4-12,20,24,26H,3,14H2,1-2H3. The number of aromatic nitrogens is 1. The smallest absolute Gasteiger partial charge is 0.213 e. The van der Waals surface area contributed by atoms with Gasteiger partial charge in [-0.05, 0) is 43.7 Å². The topological polar surface area (TPSA) is 106 Å². The Bertz CT molecular complexity index is 1140. The van der Waals surface area contributed by atoms with E-state index in [0.717, 1.165) is 11.3 Å². The number of hydrogen-bond acceptors (Lipinski definition) is 7. The molecule has 1 heterocycles. The van der Waals surface area contributed by atoms with E-state index in [1.54, 1.807) is 19.1 Å². The minimum Gasteiger partial charge on any atom is -0.372 e. The monoisotopic (exact) mass is 442 g/mol. The summed E-state index contributed by atoms with van der Waals surface area (Å²) in [7, 11) is -3.58. The van der Waals surface area contributed by atoms with Crippen LogP contribution in [0, 0.1) is 18.3 Å². The summed E-state index contributed by atoms with van der Waals surface area (Å²) >= 11 is 1.36. The number of aryl methyl sites for hydroxylation is 1. The number of anilines is 2. The van der Waals surface area contributed by atoms with Crippen LogP contribution in [0.3, 0.4) is 0 Å². The summed E-state index contributed by atoms with van der Waals surface area (Å²) in [6.45, 7) is 3.82. The summed E-state index contributed by atoms with van der Waals surface area (Å²) in [4.78, 5) is 7.23. The van der Waals surface area contributed by atoms with Crippen LogP contribution < -0.4 is 9.62 Å². The normalized spacial score (nSPS) is 12.3. The minimum atomic E-state index is -3.58. The van der Waals surface area contributed by atoms with Crippen molar-refractivity contribution in [1.29, 1.82) is 5.26 Å². The molecule has 2 aromatic carbocycles.